The Morgan fingerprint density at radius 3 is 2.30 bits per heavy atom. The number of sulfone groups is 1. The van der Waals surface area contributed by atoms with Crippen LogP contribution in [0.5, 0.6) is 17.4 Å². The standard InChI is InChI=1S/C27H26FN5O6S/c1-36-21-8-6-9-22(37-2)26(21)33-24(31-32-27(33)20-7-5-10-25(30-20)39-4)16-40(34,35)15-23(38-3)19-12-11-18(28)13-17(19)14-29/h5-13,23H,15-16H2,1-4H3/t23-/m1/s1. The number of hydrogen-bond donors (Lipinski definition) is 0. The zero-order chi connectivity index (χ0) is 28.9. The number of ether oxygens (including phenoxy) is 4. The Labute approximate surface area is 230 Å². The van der Waals surface area contributed by atoms with E-state index in [4.69, 9.17) is 18.9 Å². The van der Waals surface area contributed by atoms with Gasteiger partial charge in [-0.15, -0.1) is 10.2 Å². The SMILES string of the molecule is COc1cccc(-c2nnc(CS(=O)(=O)C[C@@H](OC)c3ccc(F)cc3C#N)n2-c2c(OC)cccc2OC)n1. The molecule has 0 fully saturated rings. The number of hydrogen-bond acceptors (Lipinski definition) is 10. The van der Waals surface area contributed by atoms with Crippen LogP contribution in [0.3, 0.4) is 0 Å². The van der Waals surface area contributed by atoms with Crippen LogP contribution in [-0.4, -0.2) is 62.4 Å². The summed E-state index contributed by atoms with van der Waals surface area (Å²) in [5.41, 5.74) is 0.971. The monoisotopic (exact) mass is 567 g/mol. The van der Waals surface area contributed by atoms with Crippen LogP contribution in [0, 0.1) is 17.1 Å². The van der Waals surface area contributed by atoms with Gasteiger partial charge in [0.1, 0.15) is 34.5 Å². The maximum Gasteiger partial charge on any atom is 0.213 e. The lowest BCUT2D eigenvalue weighted by Gasteiger charge is -2.19. The van der Waals surface area contributed by atoms with Crippen LogP contribution in [-0.2, 0) is 20.3 Å². The molecule has 1 atom stereocenters. The van der Waals surface area contributed by atoms with Gasteiger partial charge < -0.3 is 18.9 Å². The second kappa shape index (κ2) is 12.1. The summed E-state index contributed by atoms with van der Waals surface area (Å²) in [5.74, 6) is -0.333. The lowest BCUT2D eigenvalue weighted by atomic mass is 10.0. The number of aromatic nitrogens is 4. The molecule has 208 valence electrons. The molecule has 4 aromatic rings. The fraction of sp³-hybridized carbons (Fsp3) is 0.259. The molecule has 0 saturated carbocycles. The van der Waals surface area contributed by atoms with Crippen LogP contribution >= 0.6 is 0 Å². The summed E-state index contributed by atoms with van der Waals surface area (Å²) in [6.45, 7) is 0. The van der Waals surface area contributed by atoms with Crippen LogP contribution in [0.1, 0.15) is 23.1 Å². The molecule has 2 heterocycles. The van der Waals surface area contributed by atoms with Crippen LogP contribution in [0.4, 0.5) is 4.39 Å². The van der Waals surface area contributed by atoms with E-state index in [2.05, 4.69) is 15.2 Å². The molecule has 40 heavy (non-hydrogen) atoms. The summed E-state index contributed by atoms with van der Waals surface area (Å²) in [7, 11) is 1.78. The summed E-state index contributed by atoms with van der Waals surface area (Å²) >= 11 is 0. The van der Waals surface area contributed by atoms with Crippen LogP contribution in [0.2, 0.25) is 0 Å². The molecule has 0 amide bonds. The predicted octanol–water partition coefficient (Wildman–Crippen LogP) is 3.67. The summed E-state index contributed by atoms with van der Waals surface area (Å²) in [6.07, 6.45) is -1.03. The molecule has 0 bridgehead atoms. The van der Waals surface area contributed by atoms with Gasteiger partial charge in [0, 0.05) is 13.2 Å². The number of benzene rings is 2. The zero-order valence-corrected chi connectivity index (χ0v) is 23.0. The smallest absolute Gasteiger partial charge is 0.213 e. The number of pyridine rings is 1. The molecule has 4 rings (SSSR count). The van der Waals surface area contributed by atoms with Crippen molar-refractivity contribution in [2.45, 2.75) is 11.9 Å². The zero-order valence-electron chi connectivity index (χ0n) is 22.2. The highest BCUT2D eigenvalue weighted by Gasteiger charge is 2.29. The first-order chi connectivity index (χ1) is 19.2. The predicted molar refractivity (Wildman–Crippen MR) is 143 cm³/mol. The van der Waals surface area contributed by atoms with Crippen molar-refractivity contribution in [2.24, 2.45) is 0 Å². The molecule has 0 aliphatic heterocycles. The summed E-state index contributed by atoms with van der Waals surface area (Å²) in [4.78, 5) is 4.44. The van der Waals surface area contributed by atoms with E-state index in [0.29, 0.717) is 28.8 Å². The molecule has 0 aliphatic rings. The Morgan fingerprint density at radius 1 is 0.975 bits per heavy atom. The minimum absolute atomic E-state index is 0.0182. The van der Waals surface area contributed by atoms with Crippen LogP contribution in [0.25, 0.3) is 17.2 Å². The number of nitriles is 1. The fourth-order valence-electron chi connectivity index (χ4n) is 4.19. The van der Waals surface area contributed by atoms with E-state index in [1.807, 2.05) is 6.07 Å². The van der Waals surface area contributed by atoms with Gasteiger partial charge in [-0.1, -0.05) is 18.2 Å². The molecule has 2 aromatic heterocycles. The largest absolute Gasteiger partial charge is 0.494 e. The normalized spacial score (nSPS) is 12.0. The molecule has 2 aromatic carbocycles. The van der Waals surface area contributed by atoms with Crippen molar-refractivity contribution in [3.05, 3.63) is 77.4 Å². The molecular formula is C27H26FN5O6S. The van der Waals surface area contributed by atoms with Crippen molar-refractivity contribution in [2.75, 3.05) is 34.2 Å². The second-order valence-electron chi connectivity index (χ2n) is 8.47. The average molecular weight is 568 g/mol. The van der Waals surface area contributed by atoms with E-state index < -0.39 is 33.3 Å². The van der Waals surface area contributed by atoms with Gasteiger partial charge in [-0.25, -0.2) is 17.8 Å². The van der Waals surface area contributed by atoms with E-state index in [-0.39, 0.29) is 22.8 Å². The van der Waals surface area contributed by atoms with Gasteiger partial charge in [-0.05, 0) is 35.9 Å². The van der Waals surface area contributed by atoms with Gasteiger partial charge in [0.15, 0.2) is 21.5 Å². The maximum absolute atomic E-state index is 13.7. The van der Waals surface area contributed by atoms with E-state index in [1.165, 1.54) is 39.1 Å². The topological polar surface area (TPSA) is 138 Å². The fourth-order valence-corrected chi connectivity index (χ4v) is 5.67. The summed E-state index contributed by atoms with van der Waals surface area (Å²) < 4.78 is 64.1. The van der Waals surface area contributed by atoms with Crippen molar-refractivity contribution in [3.63, 3.8) is 0 Å². The number of methoxy groups -OCH3 is 4. The highest BCUT2D eigenvalue weighted by molar-refractivity contribution is 7.90. The lowest BCUT2D eigenvalue weighted by molar-refractivity contribution is 0.121. The molecule has 0 N–H and O–H groups in total. The Hall–Kier alpha value is -4.54. The molecule has 0 radical (unpaired) electrons. The second-order valence-corrected chi connectivity index (χ2v) is 10.6. The van der Waals surface area contributed by atoms with Crippen LogP contribution < -0.4 is 14.2 Å². The van der Waals surface area contributed by atoms with Gasteiger partial charge in [-0.3, -0.25) is 4.57 Å². The Morgan fingerprint density at radius 2 is 1.68 bits per heavy atom. The first kappa shape index (κ1) is 28.5. The lowest BCUT2D eigenvalue weighted by Crippen LogP contribution is -2.21. The van der Waals surface area contributed by atoms with Gasteiger partial charge in [-0.2, -0.15) is 5.26 Å². The molecule has 0 spiro atoms. The van der Waals surface area contributed by atoms with Crippen molar-refractivity contribution >= 4 is 9.84 Å². The van der Waals surface area contributed by atoms with Crippen LogP contribution in [0.15, 0.2) is 54.6 Å². The van der Waals surface area contributed by atoms with Gasteiger partial charge in [0.05, 0.1) is 44.8 Å². The van der Waals surface area contributed by atoms with Gasteiger partial charge >= 0.3 is 0 Å². The Bertz CT molecular complexity index is 1650. The quantitative estimate of drug-likeness (QED) is 0.264. The van der Waals surface area contributed by atoms with Crippen molar-refractivity contribution in [1.29, 1.82) is 5.26 Å². The molecular weight excluding hydrogens is 541 g/mol. The van der Waals surface area contributed by atoms with Crippen molar-refractivity contribution in [3.8, 4) is 40.7 Å². The Balaban J connectivity index is 1.82. The molecule has 11 nitrogen and oxygen atoms in total. The first-order valence-corrected chi connectivity index (χ1v) is 13.7. The number of rotatable bonds is 11. The number of para-hydroxylation sites is 1. The minimum atomic E-state index is -3.96. The molecule has 13 heteroatoms. The maximum atomic E-state index is 13.7. The molecule has 0 aliphatic carbocycles. The van der Waals surface area contributed by atoms with E-state index in [0.717, 1.165) is 12.1 Å². The highest BCUT2D eigenvalue weighted by Crippen LogP contribution is 2.37. The van der Waals surface area contributed by atoms with E-state index in [9.17, 15) is 18.1 Å². The molecule has 0 unspecified atom stereocenters. The third kappa shape index (κ3) is 5.88. The minimum Gasteiger partial charge on any atom is -0.494 e. The van der Waals surface area contributed by atoms with Crippen molar-refractivity contribution < 1.29 is 31.8 Å². The first-order valence-electron chi connectivity index (χ1n) is 11.8. The van der Waals surface area contributed by atoms with Gasteiger partial charge in [0.25, 0.3) is 0 Å². The third-order valence-electron chi connectivity index (χ3n) is 6.04. The highest BCUT2D eigenvalue weighted by atomic mass is 32.2. The Kier molecular flexibility index (Phi) is 8.61. The molecule has 0 saturated heterocycles. The summed E-state index contributed by atoms with van der Waals surface area (Å²) in [6, 6.07) is 15.6. The third-order valence-corrected chi connectivity index (χ3v) is 7.55. The van der Waals surface area contributed by atoms with Gasteiger partial charge in [0.2, 0.25) is 5.88 Å². The number of nitrogens with zero attached hydrogens (tertiary/aromatic N) is 5. The van der Waals surface area contributed by atoms with Crippen molar-refractivity contribution in [1.82, 2.24) is 19.7 Å². The number of halogens is 1. The summed E-state index contributed by atoms with van der Waals surface area (Å²) in [5, 5.41) is 17.9. The van der Waals surface area contributed by atoms with E-state index >= 15 is 0 Å². The average Bonchev–Trinajstić information content (AvgIpc) is 3.37. The van der Waals surface area contributed by atoms with E-state index in [1.54, 1.807) is 36.4 Å².